The minimum absolute atomic E-state index is 0.0260. The Morgan fingerprint density at radius 1 is 1.14 bits per heavy atom. The molecule has 0 aromatic heterocycles. The molecule has 5 nitrogen and oxygen atoms in total. The van der Waals surface area contributed by atoms with Gasteiger partial charge in [0.25, 0.3) is 0 Å². The fourth-order valence-corrected chi connectivity index (χ4v) is 3.77. The van der Waals surface area contributed by atoms with E-state index in [1.54, 1.807) is 19.1 Å². The van der Waals surface area contributed by atoms with E-state index in [0.717, 1.165) is 5.69 Å². The van der Waals surface area contributed by atoms with Gasteiger partial charge in [0, 0.05) is 55.5 Å². The van der Waals surface area contributed by atoms with Gasteiger partial charge in [-0.25, -0.2) is 4.39 Å². The maximum Gasteiger partial charge on any atom is 0.242 e. The quantitative estimate of drug-likeness (QED) is 0.749. The van der Waals surface area contributed by atoms with Gasteiger partial charge in [0.2, 0.25) is 5.91 Å². The molecule has 1 aliphatic heterocycles. The average molecular weight is 420 g/mol. The van der Waals surface area contributed by atoms with E-state index in [2.05, 4.69) is 4.90 Å². The maximum atomic E-state index is 14.0. The summed E-state index contributed by atoms with van der Waals surface area (Å²) >= 11 is 6.13. The average Bonchev–Trinajstić information content (AvgIpc) is 2.71. The summed E-state index contributed by atoms with van der Waals surface area (Å²) in [6, 6.07) is 14.3. The number of hydrogen-bond acceptors (Lipinski definition) is 4. The molecule has 0 bridgehead atoms. The molecule has 29 heavy (non-hydrogen) atoms. The molecular weight excluding hydrogens is 393 g/mol. The van der Waals surface area contributed by atoms with Crippen LogP contribution in [-0.2, 0) is 11.3 Å². The van der Waals surface area contributed by atoms with Gasteiger partial charge in [0.1, 0.15) is 5.82 Å². The number of aliphatic hydroxyl groups excluding tert-OH is 1. The van der Waals surface area contributed by atoms with Crippen LogP contribution in [0, 0.1) is 5.82 Å². The molecule has 1 atom stereocenters. The highest BCUT2D eigenvalue weighted by Crippen LogP contribution is 2.21. The lowest BCUT2D eigenvalue weighted by molar-refractivity contribution is -0.131. The van der Waals surface area contributed by atoms with Crippen molar-refractivity contribution in [1.82, 2.24) is 9.80 Å². The number of piperazine rings is 1. The molecule has 3 rings (SSSR count). The minimum Gasteiger partial charge on any atom is -0.392 e. The van der Waals surface area contributed by atoms with Crippen LogP contribution in [-0.4, -0.2) is 66.2 Å². The largest absolute Gasteiger partial charge is 0.392 e. The first kappa shape index (κ1) is 21.6. The number of halogens is 2. The van der Waals surface area contributed by atoms with E-state index in [0.29, 0.717) is 49.9 Å². The Morgan fingerprint density at radius 3 is 2.45 bits per heavy atom. The van der Waals surface area contributed by atoms with E-state index in [9.17, 15) is 14.3 Å². The van der Waals surface area contributed by atoms with Crippen molar-refractivity contribution in [3.8, 4) is 0 Å². The fourth-order valence-electron chi connectivity index (χ4n) is 3.54. The number of aliphatic hydroxyl groups is 1. The Kier molecular flexibility index (Phi) is 7.47. The molecule has 0 radical (unpaired) electrons. The number of anilines is 1. The second kappa shape index (κ2) is 10.1. The molecule has 156 valence electrons. The van der Waals surface area contributed by atoms with Gasteiger partial charge in [-0.3, -0.25) is 9.69 Å². The van der Waals surface area contributed by atoms with Gasteiger partial charge in [-0.15, -0.1) is 0 Å². The van der Waals surface area contributed by atoms with E-state index < -0.39 is 6.10 Å². The molecular formula is C22H27ClFN3O2. The Morgan fingerprint density at radius 2 is 1.83 bits per heavy atom. The van der Waals surface area contributed by atoms with Crippen LogP contribution >= 0.6 is 11.6 Å². The smallest absolute Gasteiger partial charge is 0.242 e. The molecule has 1 amide bonds. The van der Waals surface area contributed by atoms with E-state index in [1.165, 1.54) is 6.07 Å². The Bertz CT molecular complexity index is 791. The Balaban J connectivity index is 1.56. The molecule has 1 saturated heterocycles. The normalized spacial score (nSPS) is 15.9. The van der Waals surface area contributed by atoms with Crippen LogP contribution in [0.5, 0.6) is 0 Å². The highest BCUT2D eigenvalue weighted by molar-refractivity contribution is 6.31. The third-order valence-electron chi connectivity index (χ3n) is 5.10. The summed E-state index contributed by atoms with van der Waals surface area (Å²) in [4.78, 5) is 18.7. The van der Waals surface area contributed by atoms with Crippen molar-refractivity contribution < 1.29 is 14.3 Å². The molecule has 2 aromatic rings. The SMILES string of the molecule is CC(O)CN(CC(=O)N1CCN(Cc2c(F)cccc2Cl)CC1)c1ccccc1. The minimum atomic E-state index is -0.537. The van der Waals surface area contributed by atoms with Gasteiger partial charge in [0.05, 0.1) is 12.6 Å². The van der Waals surface area contributed by atoms with Gasteiger partial charge < -0.3 is 14.9 Å². The van der Waals surface area contributed by atoms with Crippen LogP contribution in [0.15, 0.2) is 48.5 Å². The summed E-state index contributed by atoms with van der Waals surface area (Å²) in [5, 5.41) is 10.2. The highest BCUT2D eigenvalue weighted by atomic mass is 35.5. The van der Waals surface area contributed by atoms with Crippen molar-refractivity contribution in [1.29, 1.82) is 0 Å². The second-order valence-electron chi connectivity index (χ2n) is 7.42. The molecule has 1 unspecified atom stereocenters. The van der Waals surface area contributed by atoms with Crippen molar-refractivity contribution >= 4 is 23.2 Å². The third kappa shape index (κ3) is 5.92. The zero-order chi connectivity index (χ0) is 20.8. The number of hydrogen-bond donors (Lipinski definition) is 1. The molecule has 1 heterocycles. The van der Waals surface area contributed by atoms with Crippen molar-refractivity contribution in [3.63, 3.8) is 0 Å². The lowest BCUT2D eigenvalue weighted by atomic mass is 10.1. The van der Waals surface area contributed by atoms with E-state index in [4.69, 9.17) is 11.6 Å². The van der Waals surface area contributed by atoms with Gasteiger partial charge in [-0.2, -0.15) is 0 Å². The molecule has 7 heteroatoms. The van der Waals surface area contributed by atoms with Crippen LogP contribution in [0.1, 0.15) is 12.5 Å². The van der Waals surface area contributed by atoms with Gasteiger partial charge in [0.15, 0.2) is 0 Å². The van der Waals surface area contributed by atoms with Crippen molar-refractivity contribution in [3.05, 3.63) is 64.9 Å². The van der Waals surface area contributed by atoms with Crippen molar-refractivity contribution in [2.75, 3.05) is 44.2 Å². The predicted molar refractivity (Wildman–Crippen MR) is 114 cm³/mol. The first-order valence-electron chi connectivity index (χ1n) is 9.85. The van der Waals surface area contributed by atoms with Crippen LogP contribution < -0.4 is 4.90 Å². The topological polar surface area (TPSA) is 47.0 Å². The van der Waals surface area contributed by atoms with E-state index in [-0.39, 0.29) is 18.3 Å². The molecule has 2 aromatic carbocycles. The predicted octanol–water partition coefficient (Wildman–Crippen LogP) is 3.01. The third-order valence-corrected chi connectivity index (χ3v) is 5.45. The number of nitrogens with zero attached hydrogens (tertiary/aromatic N) is 3. The van der Waals surface area contributed by atoms with Gasteiger partial charge in [-0.1, -0.05) is 35.9 Å². The number of carbonyl (C=O) groups is 1. The van der Waals surface area contributed by atoms with Gasteiger partial charge >= 0.3 is 0 Å². The van der Waals surface area contributed by atoms with Gasteiger partial charge in [-0.05, 0) is 31.2 Å². The Hall–Kier alpha value is -2.15. The van der Waals surface area contributed by atoms with Crippen molar-refractivity contribution in [2.45, 2.75) is 19.6 Å². The molecule has 1 N–H and O–H groups in total. The summed E-state index contributed by atoms with van der Waals surface area (Å²) < 4.78 is 14.0. The van der Waals surface area contributed by atoms with Crippen LogP contribution in [0.3, 0.4) is 0 Å². The number of carbonyl (C=O) groups excluding carboxylic acids is 1. The number of para-hydroxylation sites is 1. The maximum absolute atomic E-state index is 14.0. The summed E-state index contributed by atoms with van der Waals surface area (Å²) in [6.45, 7) is 5.26. The number of amides is 1. The molecule has 0 aliphatic carbocycles. The molecule has 0 spiro atoms. The summed E-state index contributed by atoms with van der Waals surface area (Å²) in [6.07, 6.45) is -0.537. The number of rotatable bonds is 7. The lowest BCUT2D eigenvalue weighted by Gasteiger charge is -2.36. The summed E-state index contributed by atoms with van der Waals surface area (Å²) in [5.41, 5.74) is 1.41. The molecule has 1 aliphatic rings. The standard InChI is InChI=1S/C22H27ClFN3O2/c1-17(28)14-27(18-6-3-2-4-7-18)16-22(29)26-12-10-25(11-13-26)15-19-20(23)8-5-9-21(19)24/h2-9,17,28H,10-16H2,1H3. The second-order valence-corrected chi connectivity index (χ2v) is 7.83. The monoisotopic (exact) mass is 419 g/mol. The van der Waals surface area contributed by atoms with E-state index >= 15 is 0 Å². The molecule has 0 saturated carbocycles. The van der Waals surface area contributed by atoms with E-state index in [1.807, 2.05) is 40.1 Å². The van der Waals surface area contributed by atoms with Crippen LogP contribution in [0.25, 0.3) is 0 Å². The zero-order valence-corrected chi connectivity index (χ0v) is 17.4. The highest BCUT2D eigenvalue weighted by Gasteiger charge is 2.24. The summed E-state index contributed by atoms with van der Waals surface area (Å²) in [7, 11) is 0. The first-order valence-corrected chi connectivity index (χ1v) is 10.2. The lowest BCUT2D eigenvalue weighted by Crippen LogP contribution is -2.51. The zero-order valence-electron chi connectivity index (χ0n) is 16.6. The molecule has 1 fully saturated rings. The Labute approximate surface area is 176 Å². The van der Waals surface area contributed by atoms with Crippen LogP contribution in [0.2, 0.25) is 5.02 Å². The summed E-state index contributed by atoms with van der Waals surface area (Å²) in [5.74, 6) is -0.272. The fraction of sp³-hybridized carbons (Fsp3) is 0.409. The van der Waals surface area contributed by atoms with Crippen LogP contribution in [0.4, 0.5) is 10.1 Å². The first-order chi connectivity index (χ1) is 13.9. The number of benzene rings is 2. The van der Waals surface area contributed by atoms with Crippen molar-refractivity contribution in [2.24, 2.45) is 0 Å².